The predicted molar refractivity (Wildman–Crippen MR) is 99.5 cm³/mol. The monoisotopic (exact) mass is 368 g/mol. The van der Waals surface area contributed by atoms with Crippen LogP contribution in [0.3, 0.4) is 0 Å². The zero-order valence-electron chi connectivity index (χ0n) is 15.3. The Bertz CT molecular complexity index is 748. The Morgan fingerprint density at radius 1 is 1.15 bits per heavy atom. The average Bonchev–Trinajstić information content (AvgIpc) is 3.16. The maximum Gasteiger partial charge on any atom is 0.255 e. The van der Waals surface area contributed by atoms with Gasteiger partial charge in [-0.3, -0.25) is 14.7 Å². The quantitative estimate of drug-likeness (QED) is 0.799. The largest absolute Gasteiger partial charge is 0.473 e. The Balaban J connectivity index is 1.29. The molecule has 0 aromatic carbocycles. The normalized spacial score (nSPS) is 20.6. The van der Waals surface area contributed by atoms with Gasteiger partial charge in [-0.2, -0.15) is 0 Å². The molecule has 4 heterocycles. The molecule has 2 saturated heterocycles. The highest BCUT2D eigenvalue weighted by molar-refractivity contribution is 5.94. The molecule has 2 aromatic heterocycles. The van der Waals surface area contributed by atoms with Crippen molar-refractivity contribution >= 4 is 5.91 Å². The van der Waals surface area contributed by atoms with Crippen molar-refractivity contribution in [3.8, 4) is 5.88 Å². The molecule has 0 saturated carbocycles. The van der Waals surface area contributed by atoms with E-state index in [0.29, 0.717) is 37.7 Å². The molecule has 1 unspecified atom stereocenters. The number of morpholine rings is 1. The van der Waals surface area contributed by atoms with Crippen molar-refractivity contribution in [1.82, 2.24) is 19.8 Å². The first-order valence-electron chi connectivity index (χ1n) is 9.40. The minimum atomic E-state index is -0.000229. The number of ether oxygens (including phenoxy) is 2. The molecule has 4 rings (SSSR count). The molecular formula is C20H24N4O3. The van der Waals surface area contributed by atoms with Crippen molar-refractivity contribution < 1.29 is 14.3 Å². The Hall–Kier alpha value is -2.51. The molecule has 1 amide bonds. The third-order valence-corrected chi connectivity index (χ3v) is 4.91. The Morgan fingerprint density at radius 2 is 2.04 bits per heavy atom. The van der Waals surface area contributed by atoms with E-state index in [1.165, 1.54) is 0 Å². The van der Waals surface area contributed by atoms with Gasteiger partial charge in [0.1, 0.15) is 6.10 Å². The van der Waals surface area contributed by atoms with Crippen LogP contribution in [0.15, 0.2) is 42.7 Å². The second-order valence-electron chi connectivity index (χ2n) is 6.87. The van der Waals surface area contributed by atoms with Crippen LogP contribution in [0.2, 0.25) is 0 Å². The van der Waals surface area contributed by atoms with Crippen LogP contribution in [0.1, 0.15) is 22.5 Å². The summed E-state index contributed by atoms with van der Waals surface area (Å²) in [4.78, 5) is 25.3. The van der Waals surface area contributed by atoms with Crippen LogP contribution in [0.25, 0.3) is 0 Å². The maximum atomic E-state index is 12.4. The summed E-state index contributed by atoms with van der Waals surface area (Å²) in [6, 6.07) is 9.56. The van der Waals surface area contributed by atoms with Crippen molar-refractivity contribution in [2.45, 2.75) is 19.1 Å². The number of aromatic nitrogens is 2. The summed E-state index contributed by atoms with van der Waals surface area (Å²) in [6.07, 6.45) is 4.50. The minimum Gasteiger partial charge on any atom is -0.473 e. The molecular weight excluding hydrogens is 344 g/mol. The number of hydrogen-bond donors (Lipinski definition) is 0. The van der Waals surface area contributed by atoms with E-state index in [9.17, 15) is 4.79 Å². The van der Waals surface area contributed by atoms with Gasteiger partial charge in [-0.15, -0.1) is 0 Å². The summed E-state index contributed by atoms with van der Waals surface area (Å²) in [7, 11) is 0. The third kappa shape index (κ3) is 4.61. The molecule has 0 N–H and O–H groups in total. The number of nitrogens with zero attached hydrogens (tertiary/aromatic N) is 4. The Labute approximate surface area is 158 Å². The number of likely N-dealkylation sites (tertiary alicyclic amines) is 1. The van der Waals surface area contributed by atoms with Gasteiger partial charge in [0.05, 0.1) is 24.5 Å². The van der Waals surface area contributed by atoms with Gasteiger partial charge in [0.15, 0.2) is 0 Å². The standard InChI is InChI=1S/C20H24N4O3/c25-20(24-9-11-26-12-10-24)16-4-5-19(22-13-16)27-18-6-8-23(15-18)14-17-3-1-2-7-21-17/h1-5,7,13,18H,6,8-12,14-15H2. The molecule has 0 spiro atoms. The number of hydrogen-bond acceptors (Lipinski definition) is 6. The second-order valence-corrected chi connectivity index (χ2v) is 6.87. The lowest BCUT2D eigenvalue weighted by atomic mass is 10.2. The molecule has 0 bridgehead atoms. The summed E-state index contributed by atoms with van der Waals surface area (Å²) in [5.41, 5.74) is 1.66. The molecule has 7 heteroatoms. The maximum absolute atomic E-state index is 12.4. The van der Waals surface area contributed by atoms with E-state index in [0.717, 1.165) is 31.7 Å². The van der Waals surface area contributed by atoms with Crippen LogP contribution >= 0.6 is 0 Å². The molecule has 2 aromatic rings. The van der Waals surface area contributed by atoms with Gasteiger partial charge in [-0.25, -0.2) is 4.98 Å². The first-order valence-corrected chi connectivity index (χ1v) is 9.40. The lowest BCUT2D eigenvalue weighted by Crippen LogP contribution is -2.40. The average molecular weight is 368 g/mol. The predicted octanol–water partition coefficient (Wildman–Crippen LogP) is 1.60. The number of rotatable bonds is 5. The molecule has 27 heavy (non-hydrogen) atoms. The first kappa shape index (κ1) is 17.9. The lowest BCUT2D eigenvalue weighted by molar-refractivity contribution is 0.0302. The van der Waals surface area contributed by atoms with Gasteiger partial charge in [0, 0.05) is 51.2 Å². The van der Waals surface area contributed by atoms with Crippen LogP contribution in [-0.4, -0.2) is 71.2 Å². The van der Waals surface area contributed by atoms with Crippen molar-refractivity contribution in [3.63, 3.8) is 0 Å². The SMILES string of the molecule is O=C(c1ccc(OC2CCN(Cc3ccccn3)C2)nc1)N1CCOCC1. The third-order valence-electron chi connectivity index (χ3n) is 4.91. The van der Waals surface area contributed by atoms with Gasteiger partial charge in [-0.05, 0) is 24.6 Å². The van der Waals surface area contributed by atoms with E-state index in [1.54, 1.807) is 23.2 Å². The highest BCUT2D eigenvalue weighted by Gasteiger charge is 2.25. The summed E-state index contributed by atoms with van der Waals surface area (Å²) in [5.74, 6) is 0.568. The summed E-state index contributed by atoms with van der Waals surface area (Å²) in [5, 5.41) is 0. The first-order chi connectivity index (χ1) is 13.3. The topological polar surface area (TPSA) is 67.8 Å². The smallest absolute Gasteiger partial charge is 0.255 e. The molecule has 1 atom stereocenters. The fourth-order valence-corrected chi connectivity index (χ4v) is 3.45. The lowest BCUT2D eigenvalue weighted by Gasteiger charge is -2.26. The van der Waals surface area contributed by atoms with E-state index >= 15 is 0 Å². The molecule has 0 radical (unpaired) electrons. The second kappa shape index (κ2) is 8.45. The zero-order chi connectivity index (χ0) is 18.5. The van der Waals surface area contributed by atoms with Gasteiger partial charge < -0.3 is 14.4 Å². The van der Waals surface area contributed by atoms with Crippen molar-refractivity contribution in [1.29, 1.82) is 0 Å². The number of pyridine rings is 2. The molecule has 2 aliphatic rings. The number of carbonyl (C=O) groups is 1. The van der Waals surface area contributed by atoms with Gasteiger partial charge in [0.2, 0.25) is 5.88 Å². The van der Waals surface area contributed by atoms with E-state index in [4.69, 9.17) is 9.47 Å². The summed E-state index contributed by atoms with van der Waals surface area (Å²) < 4.78 is 11.3. The van der Waals surface area contributed by atoms with Gasteiger partial charge in [-0.1, -0.05) is 6.07 Å². The van der Waals surface area contributed by atoms with E-state index in [1.807, 2.05) is 24.4 Å². The summed E-state index contributed by atoms with van der Waals surface area (Å²) >= 11 is 0. The van der Waals surface area contributed by atoms with Crippen LogP contribution in [0, 0.1) is 0 Å². The van der Waals surface area contributed by atoms with E-state index in [2.05, 4.69) is 14.9 Å². The van der Waals surface area contributed by atoms with Gasteiger partial charge in [0.25, 0.3) is 5.91 Å². The Kier molecular flexibility index (Phi) is 5.60. The molecule has 7 nitrogen and oxygen atoms in total. The van der Waals surface area contributed by atoms with Crippen molar-refractivity contribution in [2.24, 2.45) is 0 Å². The molecule has 0 aliphatic carbocycles. The fraction of sp³-hybridized carbons (Fsp3) is 0.450. The van der Waals surface area contributed by atoms with Crippen molar-refractivity contribution in [3.05, 3.63) is 54.0 Å². The van der Waals surface area contributed by atoms with Crippen LogP contribution in [0.4, 0.5) is 0 Å². The molecule has 142 valence electrons. The summed E-state index contributed by atoms with van der Waals surface area (Å²) in [6.45, 7) is 5.12. The fourth-order valence-electron chi connectivity index (χ4n) is 3.45. The zero-order valence-corrected chi connectivity index (χ0v) is 15.3. The van der Waals surface area contributed by atoms with Crippen molar-refractivity contribution in [2.75, 3.05) is 39.4 Å². The minimum absolute atomic E-state index is 0.000229. The van der Waals surface area contributed by atoms with Crippen LogP contribution in [0.5, 0.6) is 5.88 Å². The number of amides is 1. The van der Waals surface area contributed by atoms with Crippen LogP contribution < -0.4 is 4.74 Å². The Morgan fingerprint density at radius 3 is 2.78 bits per heavy atom. The van der Waals surface area contributed by atoms with E-state index < -0.39 is 0 Å². The molecule has 2 fully saturated rings. The molecule has 2 aliphatic heterocycles. The number of carbonyl (C=O) groups excluding carboxylic acids is 1. The highest BCUT2D eigenvalue weighted by atomic mass is 16.5. The van der Waals surface area contributed by atoms with Crippen LogP contribution in [-0.2, 0) is 11.3 Å². The van der Waals surface area contributed by atoms with Gasteiger partial charge >= 0.3 is 0 Å². The van der Waals surface area contributed by atoms with E-state index in [-0.39, 0.29) is 12.0 Å². The highest BCUT2D eigenvalue weighted by Crippen LogP contribution is 2.19.